The number of nitro benzene ring substituents is 1. The Morgan fingerprint density at radius 3 is 2.67 bits per heavy atom. The van der Waals surface area contributed by atoms with E-state index in [1.54, 1.807) is 19.1 Å². The van der Waals surface area contributed by atoms with Crippen LogP contribution in [0.3, 0.4) is 0 Å². The average molecular weight is 349 g/mol. The molecule has 4 nitrogen and oxygen atoms in total. The van der Waals surface area contributed by atoms with Gasteiger partial charge in [-0.25, -0.2) is 0 Å². The Morgan fingerprint density at radius 2 is 2.00 bits per heavy atom. The molecular weight excluding hydrogens is 332 g/mol. The van der Waals surface area contributed by atoms with Gasteiger partial charge in [0.15, 0.2) is 0 Å². The van der Waals surface area contributed by atoms with Crippen LogP contribution in [0.25, 0.3) is 0 Å². The lowest BCUT2D eigenvalue weighted by Gasteiger charge is -2.16. The maximum absolute atomic E-state index is 11.0. The summed E-state index contributed by atoms with van der Waals surface area (Å²) < 4.78 is 1.06. The molecule has 1 N–H and O–H groups in total. The van der Waals surface area contributed by atoms with Crippen molar-refractivity contribution in [1.82, 2.24) is 5.32 Å². The zero-order valence-electron chi connectivity index (χ0n) is 12.0. The van der Waals surface area contributed by atoms with E-state index < -0.39 is 0 Å². The Hall–Kier alpha value is -1.72. The van der Waals surface area contributed by atoms with Gasteiger partial charge >= 0.3 is 0 Å². The first-order valence-corrected chi connectivity index (χ1v) is 7.50. The molecule has 0 saturated carbocycles. The fourth-order valence-corrected chi connectivity index (χ4v) is 2.80. The van der Waals surface area contributed by atoms with Crippen LogP contribution >= 0.6 is 15.9 Å². The van der Waals surface area contributed by atoms with E-state index in [1.807, 2.05) is 24.3 Å². The molecule has 0 fully saturated rings. The van der Waals surface area contributed by atoms with Crippen LogP contribution in [0.4, 0.5) is 5.69 Å². The molecule has 0 bridgehead atoms. The second-order valence-electron chi connectivity index (χ2n) is 5.00. The fraction of sp³-hybridized carbons (Fsp3) is 0.250. The van der Waals surface area contributed by atoms with Gasteiger partial charge in [-0.2, -0.15) is 0 Å². The summed E-state index contributed by atoms with van der Waals surface area (Å²) in [5, 5.41) is 14.3. The van der Waals surface area contributed by atoms with Crippen molar-refractivity contribution in [2.45, 2.75) is 26.4 Å². The Balaban J connectivity index is 2.08. The Labute approximate surface area is 132 Å². The molecule has 21 heavy (non-hydrogen) atoms. The molecule has 0 radical (unpaired) electrons. The van der Waals surface area contributed by atoms with Crippen molar-refractivity contribution >= 4 is 21.6 Å². The lowest BCUT2D eigenvalue weighted by Crippen LogP contribution is -2.18. The van der Waals surface area contributed by atoms with Crippen molar-refractivity contribution in [3.8, 4) is 0 Å². The topological polar surface area (TPSA) is 55.2 Å². The van der Waals surface area contributed by atoms with Crippen molar-refractivity contribution < 1.29 is 4.92 Å². The standard InChI is InChI=1S/C16H17BrN2O2/c1-11-7-8-13(9-16(11)19(20)21)10-18-12(2)14-5-3-4-6-15(14)17/h3-9,12,18H,10H2,1-2H3/t12-/m0/s1. The van der Waals surface area contributed by atoms with Crippen LogP contribution in [-0.4, -0.2) is 4.92 Å². The van der Waals surface area contributed by atoms with E-state index in [4.69, 9.17) is 0 Å². The van der Waals surface area contributed by atoms with Gasteiger partial charge < -0.3 is 5.32 Å². The SMILES string of the molecule is Cc1ccc(CN[C@@H](C)c2ccccc2Br)cc1[N+](=O)[O-]. The molecule has 0 aliphatic rings. The number of halogens is 1. The molecule has 110 valence electrons. The van der Waals surface area contributed by atoms with Crippen molar-refractivity contribution in [2.75, 3.05) is 0 Å². The monoisotopic (exact) mass is 348 g/mol. The molecule has 2 aromatic carbocycles. The molecule has 0 aliphatic heterocycles. The third-order valence-corrected chi connectivity index (χ3v) is 4.18. The molecule has 0 unspecified atom stereocenters. The van der Waals surface area contributed by atoms with Gasteiger partial charge in [0.25, 0.3) is 5.69 Å². The maximum Gasteiger partial charge on any atom is 0.272 e. The first-order chi connectivity index (χ1) is 9.99. The normalized spacial score (nSPS) is 12.1. The predicted octanol–water partition coefficient (Wildman–Crippen LogP) is 4.52. The van der Waals surface area contributed by atoms with Crippen LogP contribution in [0.2, 0.25) is 0 Å². The second kappa shape index (κ2) is 6.83. The third kappa shape index (κ3) is 3.89. The van der Waals surface area contributed by atoms with E-state index in [1.165, 1.54) is 5.56 Å². The van der Waals surface area contributed by atoms with E-state index in [0.29, 0.717) is 12.1 Å². The van der Waals surface area contributed by atoms with Crippen LogP contribution < -0.4 is 5.32 Å². The lowest BCUT2D eigenvalue weighted by atomic mass is 10.1. The van der Waals surface area contributed by atoms with Crippen LogP contribution in [0, 0.1) is 17.0 Å². The summed E-state index contributed by atoms with van der Waals surface area (Å²) in [4.78, 5) is 10.6. The van der Waals surface area contributed by atoms with Crippen molar-refractivity contribution in [3.63, 3.8) is 0 Å². The van der Waals surface area contributed by atoms with Gasteiger partial charge in [0.05, 0.1) is 4.92 Å². The summed E-state index contributed by atoms with van der Waals surface area (Å²) in [6, 6.07) is 13.5. The van der Waals surface area contributed by atoms with Gasteiger partial charge in [0.2, 0.25) is 0 Å². The van der Waals surface area contributed by atoms with E-state index >= 15 is 0 Å². The molecule has 0 aliphatic carbocycles. The van der Waals surface area contributed by atoms with Crippen LogP contribution in [0.5, 0.6) is 0 Å². The Morgan fingerprint density at radius 1 is 1.29 bits per heavy atom. The van der Waals surface area contributed by atoms with Gasteiger partial charge in [0, 0.05) is 28.7 Å². The number of nitrogens with one attached hydrogen (secondary N) is 1. The lowest BCUT2D eigenvalue weighted by molar-refractivity contribution is -0.385. The van der Waals surface area contributed by atoms with Gasteiger partial charge in [0.1, 0.15) is 0 Å². The Kier molecular flexibility index (Phi) is 5.09. The van der Waals surface area contributed by atoms with Gasteiger partial charge in [-0.05, 0) is 31.0 Å². The summed E-state index contributed by atoms with van der Waals surface area (Å²) >= 11 is 3.53. The number of aryl methyl sites for hydroxylation is 1. The van der Waals surface area contributed by atoms with Crippen LogP contribution in [-0.2, 0) is 6.54 Å². The zero-order chi connectivity index (χ0) is 15.4. The molecule has 0 aromatic heterocycles. The maximum atomic E-state index is 11.0. The first-order valence-electron chi connectivity index (χ1n) is 6.70. The number of benzene rings is 2. The zero-order valence-corrected chi connectivity index (χ0v) is 13.6. The molecule has 1 atom stereocenters. The molecule has 0 saturated heterocycles. The molecule has 5 heteroatoms. The number of nitrogens with zero attached hydrogens (tertiary/aromatic N) is 1. The molecule has 0 spiro atoms. The summed E-state index contributed by atoms with van der Waals surface area (Å²) in [6.07, 6.45) is 0. The number of hydrogen-bond donors (Lipinski definition) is 1. The first kappa shape index (κ1) is 15.7. The summed E-state index contributed by atoms with van der Waals surface area (Å²) in [5.41, 5.74) is 2.93. The van der Waals surface area contributed by atoms with Crippen molar-refractivity contribution in [2.24, 2.45) is 0 Å². The largest absolute Gasteiger partial charge is 0.306 e. The number of hydrogen-bond acceptors (Lipinski definition) is 3. The van der Waals surface area contributed by atoms with Crippen molar-refractivity contribution in [1.29, 1.82) is 0 Å². The quantitative estimate of drug-likeness (QED) is 0.638. The summed E-state index contributed by atoms with van der Waals surface area (Å²) in [6.45, 7) is 4.41. The molecular formula is C16H17BrN2O2. The smallest absolute Gasteiger partial charge is 0.272 e. The fourth-order valence-electron chi connectivity index (χ4n) is 2.17. The minimum absolute atomic E-state index is 0.154. The van der Waals surface area contributed by atoms with Crippen LogP contribution in [0.1, 0.15) is 29.7 Å². The van der Waals surface area contributed by atoms with E-state index in [0.717, 1.165) is 10.0 Å². The highest BCUT2D eigenvalue weighted by Crippen LogP contribution is 2.24. The molecule has 2 rings (SSSR count). The summed E-state index contributed by atoms with van der Waals surface area (Å²) in [7, 11) is 0. The van der Waals surface area contributed by atoms with Gasteiger partial charge in [-0.15, -0.1) is 0 Å². The van der Waals surface area contributed by atoms with Gasteiger partial charge in [-0.1, -0.05) is 46.3 Å². The summed E-state index contributed by atoms with van der Waals surface area (Å²) in [5.74, 6) is 0. The average Bonchev–Trinajstić information content (AvgIpc) is 2.46. The highest BCUT2D eigenvalue weighted by atomic mass is 79.9. The van der Waals surface area contributed by atoms with E-state index in [2.05, 4.69) is 34.2 Å². The van der Waals surface area contributed by atoms with Gasteiger partial charge in [-0.3, -0.25) is 10.1 Å². The number of nitro groups is 1. The predicted molar refractivity (Wildman–Crippen MR) is 87.2 cm³/mol. The van der Waals surface area contributed by atoms with Crippen molar-refractivity contribution in [3.05, 3.63) is 73.7 Å². The van der Waals surface area contributed by atoms with E-state index in [-0.39, 0.29) is 16.7 Å². The second-order valence-corrected chi connectivity index (χ2v) is 5.86. The van der Waals surface area contributed by atoms with Crippen LogP contribution in [0.15, 0.2) is 46.9 Å². The minimum Gasteiger partial charge on any atom is -0.306 e. The molecule has 0 amide bonds. The molecule has 0 heterocycles. The highest BCUT2D eigenvalue weighted by Gasteiger charge is 2.12. The highest BCUT2D eigenvalue weighted by molar-refractivity contribution is 9.10. The van der Waals surface area contributed by atoms with E-state index in [9.17, 15) is 10.1 Å². The number of rotatable bonds is 5. The minimum atomic E-state index is -0.337. The molecule has 2 aromatic rings. The third-order valence-electron chi connectivity index (χ3n) is 3.45. The Bertz CT molecular complexity index is 658.